The predicted molar refractivity (Wildman–Crippen MR) is 101 cm³/mol. The summed E-state index contributed by atoms with van der Waals surface area (Å²) in [5.41, 5.74) is -1.07. The Morgan fingerprint density at radius 3 is 2.48 bits per heavy atom. The normalized spacial score (nSPS) is 27.3. The summed E-state index contributed by atoms with van der Waals surface area (Å²) >= 11 is 0. The lowest BCUT2D eigenvalue weighted by Crippen LogP contribution is -2.61. The van der Waals surface area contributed by atoms with E-state index in [1.54, 1.807) is 4.90 Å². The summed E-state index contributed by atoms with van der Waals surface area (Å²) in [4.78, 5) is 14.3. The molecule has 2 atom stereocenters. The maximum atomic E-state index is 15.2. The summed E-state index contributed by atoms with van der Waals surface area (Å²) in [7, 11) is 1.52. The van der Waals surface area contributed by atoms with Crippen LogP contribution in [0.3, 0.4) is 0 Å². The molecule has 1 aliphatic heterocycles. The van der Waals surface area contributed by atoms with Crippen LogP contribution in [-0.2, 0) is 15.1 Å². The number of carbonyl (C=O) groups excluding carboxylic acids is 1. The Morgan fingerprint density at radius 2 is 1.90 bits per heavy atom. The number of hydrogen-bond donors (Lipinski definition) is 1. The molecule has 2 aromatic rings. The van der Waals surface area contributed by atoms with E-state index >= 15 is 4.39 Å². The number of halogens is 2. The van der Waals surface area contributed by atoms with Crippen LogP contribution in [-0.4, -0.2) is 52.2 Å². The summed E-state index contributed by atoms with van der Waals surface area (Å²) in [5.74, 6) is -2.38. The molecule has 1 amide bonds. The number of nitrogens with one attached hydrogen (secondary N) is 1. The van der Waals surface area contributed by atoms with Crippen LogP contribution in [0.1, 0.15) is 45.6 Å². The molecule has 1 aromatic carbocycles. The zero-order valence-corrected chi connectivity index (χ0v) is 17.1. The van der Waals surface area contributed by atoms with Crippen molar-refractivity contribution in [3.05, 3.63) is 23.3 Å². The number of aromatic nitrogens is 3. The number of aromatic amines is 1. The summed E-state index contributed by atoms with van der Waals surface area (Å²) < 4.78 is 41.1. The number of piperidine rings is 1. The van der Waals surface area contributed by atoms with Crippen LogP contribution in [0.5, 0.6) is 0 Å². The lowest BCUT2D eigenvalue weighted by molar-refractivity contribution is -0.167. The van der Waals surface area contributed by atoms with Gasteiger partial charge in [0.1, 0.15) is 22.2 Å². The van der Waals surface area contributed by atoms with Gasteiger partial charge in [0.05, 0.1) is 5.56 Å². The number of H-pyrrole nitrogens is 1. The molecular formula is C20H26F2N4O3. The molecule has 1 saturated carbocycles. The van der Waals surface area contributed by atoms with Crippen LogP contribution in [0.25, 0.3) is 11.0 Å². The first kappa shape index (κ1) is 20.0. The summed E-state index contributed by atoms with van der Waals surface area (Å²) in [5, 5.41) is 10.5. The minimum absolute atomic E-state index is 0.0993. The zero-order valence-electron chi connectivity index (χ0n) is 17.1. The minimum Gasteiger partial charge on any atom is -0.444 e. The molecule has 2 fully saturated rings. The van der Waals surface area contributed by atoms with E-state index in [4.69, 9.17) is 9.47 Å². The topological polar surface area (TPSA) is 80.3 Å². The number of likely N-dealkylation sites (tertiary alicyclic amines) is 1. The van der Waals surface area contributed by atoms with Crippen molar-refractivity contribution in [3.63, 3.8) is 0 Å². The molecular weight excluding hydrogens is 382 g/mol. The highest BCUT2D eigenvalue weighted by molar-refractivity contribution is 5.79. The fourth-order valence-corrected chi connectivity index (χ4v) is 5.04. The molecule has 0 radical (unpaired) electrons. The Labute approximate surface area is 167 Å². The Bertz CT molecular complexity index is 926. The van der Waals surface area contributed by atoms with Crippen LogP contribution in [0.15, 0.2) is 6.07 Å². The number of benzene rings is 1. The second-order valence-corrected chi connectivity index (χ2v) is 8.95. The average molecular weight is 408 g/mol. The second-order valence-electron chi connectivity index (χ2n) is 8.95. The first-order chi connectivity index (χ1) is 13.7. The molecule has 4 rings (SSSR count). The van der Waals surface area contributed by atoms with Crippen molar-refractivity contribution in [2.24, 2.45) is 11.8 Å². The zero-order chi connectivity index (χ0) is 21.0. The fraction of sp³-hybridized carbons (Fsp3) is 0.650. The van der Waals surface area contributed by atoms with Gasteiger partial charge in [-0.2, -0.15) is 15.4 Å². The number of rotatable bonds is 2. The molecule has 29 heavy (non-hydrogen) atoms. The van der Waals surface area contributed by atoms with Gasteiger partial charge in [-0.25, -0.2) is 13.6 Å². The van der Waals surface area contributed by atoms with E-state index in [2.05, 4.69) is 15.4 Å². The van der Waals surface area contributed by atoms with Gasteiger partial charge in [0.15, 0.2) is 11.6 Å². The summed E-state index contributed by atoms with van der Waals surface area (Å²) in [6.45, 7) is 6.14. The van der Waals surface area contributed by atoms with Crippen molar-refractivity contribution >= 4 is 17.1 Å². The second kappa shape index (κ2) is 6.90. The maximum absolute atomic E-state index is 15.2. The third-order valence-electron chi connectivity index (χ3n) is 6.08. The van der Waals surface area contributed by atoms with Crippen molar-refractivity contribution in [2.45, 2.75) is 51.2 Å². The Hall–Kier alpha value is -2.29. The maximum Gasteiger partial charge on any atom is 0.410 e. The molecule has 0 spiro atoms. The lowest BCUT2D eigenvalue weighted by Gasteiger charge is -2.55. The summed E-state index contributed by atoms with van der Waals surface area (Å²) in [6, 6.07) is 1.03. The molecule has 1 aromatic heterocycles. The number of amides is 1. The first-order valence-corrected chi connectivity index (χ1v) is 9.89. The van der Waals surface area contributed by atoms with Gasteiger partial charge in [0.2, 0.25) is 0 Å². The van der Waals surface area contributed by atoms with Gasteiger partial charge in [-0.1, -0.05) is 6.42 Å². The largest absolute Gasteiger partial charge is 0.444 e. The van der Waals surface area contributed by atoms with Crippen LogP contribution < -0.4 is 0 Å². The van der Waals surface area contributed by atoms with Gasteiger partial charge in [-0.15, -0.1) is 0 Å². The van der Waals surface area contributed by atoms with E-state index in [9.17, 15) is 9.18 Å². The predicted octanol–water partition coefficient (Wildman–Crippen LogP) is 3.74. The smallest absolute Gasteiger partial charge is 0.410 e. The number of fused-ring (bicyclic) bond motifs is 3. The van der Waals surface area contributed by atoms with Gasteiger partial charge in [-0.05, 0) is 33.6 Å². The monoisotopic (exact) mass is 408 g/mol. The van der Waals surface area contributed by atoms with E-state index in [0.29, 0.717) is 13.1 Å². The van der Waals surface area contributed by atoms with Gasteiger partial charge in [-0.3, -0.25) is 0 Å². The molecule has 2 unspecified atom stereocenters. The molecule has 1 aliphatic carbocycles. The van der Waals surface area contributed by atoms with Crippen molar-refractivity contribution in [3.8, 4) is 0 Å². The molecule has 1 saturated heterocycles. The lowest BCUT2D eigenvalue weighted by atomic mass is 9.62. The molecule has 9 heteroatoms. The highest BCUT2D eigenvalue weighted by atomic mass is 19.2. The van der Waals surface area contributed by atoms with Gasteiger partial charge in [0, 0.05) is 38.1 Å². The van der Waals surface area contributed by atoms with Crippen LogP contribution in [0.2, 0.25) is 0 Å². The van der Waals surface area contributed by atoms with Gasteiger partial charge < -0.3 is 14.4 Å². The molecule has 7 nitrogen and oxygen atoms in total. The van der Waals surface area contributed by atoms with Crippen LogP contribution in [0.4, 0.5) is 13.6 Å². The Morgan fingerprint density at radius 1 is 1.24 bits per heavy atom. The minimum atomic E-state index is -1.09. The Kier molecular flexibility index (Phi) is 4.76. The SMILES string of the molecule is COC1(c2c(F)c(F)cc3n[nH]nc23)C2CCCC1CN(C(=O)OC(C)(C)C)C2. The van der Waals surface area contributed by atoms with Crippen molar-refractivity contribution in [1.82, 2.24) is 20.3 Å². The standard InChI is InChI=1S/C20H26F2N4O3/c1-19(2,3)29-18(27)26-9-11-6-5-7-12(10-26)20(11,28-4)15-16(22)13(21)8-14-17(15)24-25-23-14/h8,11-12H,5-7,9-10H2,1-4H3,(H,23,24,25). The quantitative estimate of drug-likeness (QED) is 0.819. The molecule has 2 heterocycles. The number of methoxy groups -OCH3 is 1. The third-order valence-corrected chi connectivity index (χ3v) is 6.08. The number of ether oxygens (including phenoxy) is 2. The van der Waals surface area contributed by atoms with Crippen molar-refractivity contribution in [1.29, 1.82) is 0 Å². The van der Waals surface area contributed by atoms with E-state index in [-0.39, 0.29) is 28.4 Å². The summed E-state index contributed by atoms with van der Waals surface area (Å²) in [6.07, 6.45) is 1.98. The van der Waals surface area contributed by atoms with Crippen molar-refractivity contribution in [2.75, 3.05) is 20.2 Å². The van der Waals surface area contributed by atoms with Crippen LogP contribution in [0, 0.1) is 23.5 Å². The number of hydrogen-bond acceptors (Lipinski definition) is 5. The number of carbonyl (C=O) groups is 1. The average Bonchev–Trinajstić information content (AvgIpc) is 3.07. The number of nitrogens with zero attached hydrogens (tertiary/aromatic N) is 3. The molecule has 2 aliphatic rings. The highest BCUT2D eigenvalue weighted by Crippen LogP contribution is 2.53. The van der Waals surface area contributed by atoms with E-state index in [0.717, 1.165) is 25.3 Å². The fourth-order valence-electron chi connectivity index (χ4n) is 5.04. The van der Waals surface area contributed by atoms with Gasteiger partial charge >= 0.3 is 6.09 Å². The van der Waals surface area contributed by atoms with E-state index in [1.165, 1.54) is 7.11 Å². The Balaban J connectivity index is 1.79. The highest BCUT2D eigenvalue weighted by Gasteiger charge is 2.56. The van der Waals surface area contributed by atoms with Crippen LogP contribution >= 0.6 is 0 Å². The first-order valence-electron chi connectivity index (χ1n) is 9.89. The molecule has 2 bridgehead atoms. The third kappa shape index (κ3) is 3.15. The van der Waals surface area contributed by atoms with E-state index in [1.807, 2.05) is 20.8 Å². The molecule has 1 N–H and O–H groups in total. The van der Waals surface area contributed by atoms with Gasteiger partial charge in [0.25, 0.3) is 0 Å². The van der Waals surface area contributed by atoms with Crippen molar-refractivity contribution < 1.29 is 23.0 Å². The molecule has 158 valence electrons. The van der Waals surface area contributed by atoms with E-state index < -0.39 is 28.9 Å².